The molecule has 6 heteroatoms. The van der Waals surface area contributed by atoms with Crippen molar-refractivity contribution < 1.29 is 18.7 Å². The van der Waals surface area contributed by atoms with Crippen LogP contribution < -0.4 is 9.47 Å². The Bertz CT molecular complexity index is 952. The maximum atomic E-state index is 13.1. The third-order valence-electron chi connectivity index (χ3n) is 4.15. The van der Waals surface area contributed by atoms with E-state index in [0.717, 1.165) is 21.8 Å². The Morgan fingerprint density at radius 3 is 2.65 bits per heavy atom. The van der Waals surface area contributed by atoms with Crippen molar-refractivity contribution >= 4 is 17.2 Å². The SMILES string of the molecule is CN(Cc1ccc2c(c1)OCO2)C(=O)c1ccc(-c2ccc(F)cc2)s1. The fourth-order valence-corrected chi connectivity index (χ4v) is 3.80. The number of thiophene rings is 1. The Morgan fingerprint density at radius 1 is 1.08 bits per heavy atom. The van der Waals surface area contributed by atoms with Crippen LogP contribution >= 0.6 is 11.3 Å². The minimum absolute atomic E-state index is 0.0546. The van der Waals surface area contributed by atoms with Gasteiger partial charge >= 0.3 is 0 Å². The Morgan fingerprint density at radius 2 is 1.85 bits per heavy atom. The van der Waals surface area contributed by atoms with Crippen LogP contribution in [0.2, 0.25) is 0 Å². The molecule has 0 unspecified atom stereocenters. The summed E-state index contributed by atoms with van der Waals surface area (Å²) in [4.78, 5) is 15.9. The molecule has 0 bridgehead atoms. The summed E-state index contributed by atoms with van der Waals surface area (Å²) in [7, 11) is 1.77. The number of hydrogen-bond donors (Lipinski definition) is 0. The van der Waals surface area contributed by atoms with Crippen LogP contribution in [0.25, 0.3) is 10.4 Å². The number of rotatable bonds is 4. The molecule has 1 aliphatic rings. The third-order valence-corrected chi connectivity index (χ3v) is 5.27. The first-order chi connectivity index (χ1) is 12.6. The van der Waals surface area contributed by atoms with Crippen molar-refractivity contribution in [2.75, 3.05) is 13.8 Å². The van der Waals surface area contributed by atoms with E-state index in [2.05, 4.69) is 0 Å². The normalized spacial score (nSPS) is 12.2. The number of nitrogens with zero attached hydrogens (tertiary/aromatic N) is 1. The number of halogens is 1. The van der Waals surface area contributed by atoms with Gasteiger partial charge in [0.05, 0.1) is 4.88 Å². The molecule has 0 fully saturated rings. The second-order valence-electron chi connectivity index (χ2n) is 6.02. The molecule has 0 atom stereocenters. The first-order valence-electron chi connectivity index (χ1n) is 8.10. The number of ether oxygens (including phenoxy) is 2. The van der Waals surface area contributed by atoms with Crippen LogP contribution in [-0.2, 0) is 6.54 Å². The van der Waals surface area contributed by atoms with Gasteiger partial charge in [0.15, 0.2) is 11.5 Å². The average molecular weight is 369 g/mol. The Labute approximate surface area is 154 Å². The van der Waals surface area contributed by atoms with Crippen LogP contribution in [0, 0.1) is 5.82 Å². The Kier molecular flexibility index (Phi) is 4.34. The minimum atomic E-state index is -0.273. The van der Waals surface area contributed by atoms with Crippen molar-refractivity contribution in [2.24, 2.45) is 0 Å². The van der Waals surface area contributed by atoms with Gasteiger partial charge < -0.3 is 14.4 Å². The lowest BCUT2D eigenvalue weighted by atomic mass is 10.2. The standard InChI is InChI=1S/C20H16FNO3S/c1-22(11-13-2-7-16-17(10-13)25-12-24-16)20(23)19-9-8-18(26-19)14-3-5-15(21)6-4-14/h2-10H,11-12H2,1H3. The van der Waals surface area contributed by atoms with Gasteiger partial charge in [0.25, 0.3) is 5.91 Å². The van der Waals surface area contributed by atoms with Crippen molar-refractivity contribution in [3.8, 4) is 21.9 Å². The van der Waals surface area contributed by atoms with Crippen molar-refractivity contribution in [1.82, 2.24) is 4.90 Å². The molecule has 4 nitrogen and oxygen atoms in total. The highest BCUT2D eigenvalue weighted by Gasteiger charge is 2.18. The first kappa shape index (κ1) is 16.6. The molecule has 0 saturated heterocycles. The quantitative estimate of drug-likeness (QED) is 0.677. The summed E-state index contributed by atoms with van der Waals surface area (Å²) in [6.45, 7) is 0.703. The highest BCUT2D eigenvalue weighted by molar-refractivity contribution is 7.17. The van der Waals surface area contributed by atoms with Crippen LogP contribution in [0.5, 0.6) is 11.5 Å². The topological polar surface area (TPSA) is 38.8 Å². The summed E-state index contributed by atoms with van der Waals surface area (Å²) in [6, 6.07) is 15.6. The number of carbonyl (C=O) groups is 1. The zero-order chi connectivity index (χ0) is 18.1. The van der Waals surface area contributed by atoms with E-state index < -0.39 is 0 Å². The van der Waals surface area contributed by atoms with Gasteiger partial charge in [-0.05, 0) is 47.5 Å². The number of hydrogen-bond acceptors (Lipinski definition) is 4. The molecule has 0 N–H and O–H groups in total. The highest BCUT2D eigenvalue weighted by Crippen LogP contribution is 2.33. The molecule has 1 aliphatic heterocycles. The zero-order valence-electron chi connectivity index (χ0n) is 14.1. The molecule has 2 heterocycles. The van der Waals surface area contributed by atoms with Crippen molar-refractivity contribution in [3.63, 3.8) is 0 Å². The predicted molar refractivity (Wildman–Crippen MR) is 98.1 cm³/mol. The highest BCUT2D eigenvalue weighted by atomic mass is 32.1. The number of fused-ring (bicyclic) bond motifs is 1. The zero-order valence-corrected chi connectivity index (χ0v) is 14.9. The van der Waals surface area contributed by atoms with Gasteiger partial charge in [-0.15, -0.1) is 11.3 Å². The monoisotopic (exact) mass is 369 g/mol. The first-order valence-corrected chi connectivity index (χ1v) is 8.91. The van der Waals surface area contributed by atoms with Gasteiger partial charge in [-0.3, -0.25) is 4.79 Å². The lowest BCUT2D eigenvalue weighted by Gasteiger charge is -2.16. The summed E-state index contributed by atoms with van der Waals surface area (Å²) in [5.74, 6) is 1.11. The smallest absolute Gasteiger partial charge is 0.263 e. The maximum absolute atomic E-state index is 13.1. The fourth-order valence-electron chi connectivity index (χ4n) is 2.80. The van der Waals surface area contributed by atoms with Crippen LogP contribution in [-0.4, -0.2) is 24.6 Å². The lowest BCUT2D eigenvalue weighted by molar-refractivity contribution is 0.0789. The van der Waals surface area contributed by atoms with Crippen LogP contribution in [0.3, 0.4) is 0 Å². The summed E-state index contributed by atoms with van der Waals surface area (Å²) in [5, 5.41) is 0. The average Bonchev–Trinajstić information content (AvgIpc) is 3.30. The molecule has 0 spiro atoms. The molecule has 0 aliphatic carbocycles. The molecule has 4 rings (SSSR count). The van der Waals surface area contributed by atoms with Crippen molar-refractivity contribution in [1.29, 1.82) is 0 Å². The van der Waals surface area contributed by atoms with Crippen LogP contribution in [0.1, 0.15) is 15.2 Å². The van der Waals surface area contributed by atoms with E-state index in [4.69, 9.17) is 9.47 Å². The second kappa shape index (κ2) is 6.80. The van der Waals surface area contributed by atoms with Gasteiger partial charge in [-0.2, -0.15) is 0 Å². The number of amides is 1. The molecule has 26 heavy (non-hydrogen) atoms. The Balaban J connectivity index is 1.48. The van der Waals surface area contributed by atoms with E-state index >= 15 is 0 Å². The molecular weight excluding hydrogens is 353 g/mol. The molecular formula is C20H16FNO3S. The number of carbonyl (C=O) groups excluding carboxylic acids is 1. The van der Waals surface area contributed by atoms with E-state index in [-0.39, 0.29) is 18.5 Å². The van der Waals surface area contributed by atoms with Gasteiger partial charge in [-0.25, -0.2) is 4.39 Å². The molecule has 1 aromatic heterocycles. The van der Waals surface area contributed by atoms with Gasteiger partial charge in [0.1, 0.15) is 5.82 Å². The van der Waals surface area contributed by atoms with Crippen molar-refractivity contribution in [2.45, 2.75) is 6.54 Å². The molecule has 0 saturated carbocycles. The second-order valence-corrected chi connectivity index (χ2v) is 7.10. The summed E-state index contributed by atoms with van der Waals surface area (Å²) in [6.07, 6.45) is 0. The van der Waals surface area contributed by atoms with E-state index in [9.17, 15) is 9.18 Å². The molecule has 2 aromatic carbocycles. The van der Waals surface area contributed by atoms with E-state index in [1.807, 2.05) is 30.3 Å². The summed E-state index contributed by atoms with van der Waals surface area (Å²) >= 11 is 1.40. The van der Waals surface area contributed by atoms with Gasteiger partial charge in [0.2, 0.25) is 6.79 Å². The molecule has 3 aromatic rings. The lowest BCUT2D eigenvalue weighted by Crippen LogP contribution is -2.25. The molecule has 132 valence electrons. The van der Waals surface area contributed by atoms with Gasteiger partial charge in [-0.1, -0.05) is 18.2 Å². The predicted octanol–water partition coefficient (Wildman–Crippen LogP) is 4.56. The van der Waals surface area contributed by atoms with Crippen LogP contribution in [0.4, 0.5) is 4.39 Å². The molecule has 1 amide bonds. The summed E-state index contributed by atoms with van der Waals surface area (Å²) in [5.41, 5.74) is 1.87. The Hall–Kier alpha value is -2.86. The van der Waals surface area contributed by atoms with Crippen LogP contribution in [0.15, 0.2) is 54.6 Å². The molecule has 0 radical (unpaired) electrons. The van der Waals surface area contributed by atoms with Crippen molar-refractivity contribution in [3.05, 3.63) is 70.9 Å². The number of benzene rings is 2. The summed E-state index contributed by atoms with van der Waals surface area (Å²) < 4.78 is 23.7. The van der Waals surface area contributed by atoms with E-state index in [0.29, 0.717) is 17.2 Å². The fraction of sp³-hybridized carbons (Fsp3) is 0.150. The largest absolute Gasteiger partial charge is 0.454 e. The third kappa shape index (κ3) is 3.28. The van der Waals surface area contributed by atoms with E-state index in [1.165, 1.54) is 23.5 Å². The van der Waals surface area contributed by atoms with Gasteiger partial charge in [0, 0.05) is 18.5 Å². The minimum Gasteiger partial charge on any atom is -0.454 e. The maximum Gasteiger partial charge on any atom is 0.263 e. The van der Waals surface area contributed by atoms with E-state index in [1.54, 1.807) is 24.1 Å².